The van der Waals surface area contributed by atoms with Gasteiger partial charge in [0, 0.05) is 10.6 Å². The predicted molar refractivity (Wildman–Crippen MR) is 147 cm³/mol. The van der Waals surface area contributed by atoms with Gasteiger partial charge in [0.25, 0.3) is 5.78 Å². The molecule has 1 amide bonds. The molecule has 0 aliphatic carbocycles. The molecule has 0 saturated carbocycles. The van der Waals surface area contributed by atoms with Gasteiger partial charge in [0.1, 0.15) is 11.5 Å². The van der Waals surface area contributed by atoms with Crippen molar-refractivity contribution in [3.8, 4) is 5.75 Å². The number of unbranched alkanes of at least 4 members (excludes halogenated alkanes) is 1. The molecule has 4 aromatic rings. The first-order valence-electron chi connectivity index (χ1n) is 12.0. The Morgan fingerprint density at radius 3 is 2.65 bits per heavy atom. The molecule has 1 aliphatic heterocycles. The number of aliphatic hydroxyl groups excluding tert-OH is 1. The number of amides is 1. The quantitative estimate of drug-likeness (QED) is 0.119. The molecule has 0 radical (unpaired) electrons. The van der Waals surface area contributed by atoms with E-state index in [1.165, 1.54) is 16.2 Å². The first-order chi connectivity index (χ1) is 17.9. The molecule has 1 fully saturated rings. The summed E-state index contributed by atoms with van der Waals surface area (Å²) in [4.78, 5) is 33.0. The standard InChI is InChI=1S/C29H25ClN2O4S/c1-3-4-14-36-21-7-5-6-19(16-21)25-24(26(33)18-9-11-20(30)12-10-18)27(34)28(35)32(25)29-31-22-13-8-17(2)15-23(22)37-29/h5-13,15-16,25,33H,3-4,14H2,1-2H3. The van der Waals surface area contributed by atoms with Crippen LogP contribution in [0.2, 0.25) is 5.02 Å². The minimum atomic E-state index is -0.882. The number of hydrogen-bond acceptors (Lipinski definition) is 6. The van der Waals surface area contributed by atoms with Crippen LogP contribution in [-0.2, 0) is 9.59 Å². The number of ether oxygens (including phenoxy) is 1. The van der Waals surface area contributed by atoms with Crippen molar-refractivity contribution in [1.82, 2.24) is 4.98 Å². The van der Waals surface area contributed by atoms with Gasteiger partial charge in [-0.05, 0) is 73.0 Å². The lowest BCUT2D eigenvalue weighted by atomic mass is 9.95. The molecule has 1 N–H and O–H groups in total. The molecule has 188 valence electrons. The van der Waals surface area contributed by atoms with Gasteiger partial charge in [0.05, 0.1) is 28.4 Å². The normalized spacial score (nSPS) is 17.1. The third-order valence-corrected chi connectivity index (χ3v) is 7.51. The minimum absolute atomic E-state index is 0.00605. The molecule has 1 aromatic heterocycles. The molecule has 1 aliphatic rings. The highest BCUT2D eigenvalue weighted by Crippen LogP contribution is 2.45. The zero-order valence-corrected chi connectivity index (χ0v) is 22.0. The summed E-state index contributed by atoms with van der Waals surface area (Å²) >= 11 is 7.36. The van der Waals surface area contributed by atoms with E-state index in [9.17, 15) is 14.7 Å². The summed E-state index contributed by atoms with van der Waals surface area (Å²) in [5.41, 5.74) is 2.83. The van der Waals surface area contributed by atoms with Crippen molar-refractivity contribution in [2.75, 3.05) is 11.5 Å². The van der Waals surface area contributed by atoms with Crippen LogP contribution >= 0.6 is 22.9 Å². The van der Waals surface area contributed by atoms with Crippen LogP contribution in [-0.4, -0.2) is 28.4 Å². The number of fused-ring (bicyclic) bond motifs is 1. The van der Waals surface area contributed by atoms with Crippen molar-refractivity contribution in [3.05, 3.63) is 94.0 Å². The Morgan fingerprint density at radius 2 is 1.89 bits per heavy atom. The fourth-order valence-corrected chi connectivity index (χ4v) is 5.56. The monoisotopic (exact) mass is 532 g/mol. The van der Waals surface area contributed by atoms with Crippen molar-refractivity contribution in [1.29, 1.82) is 0 Å². The maximum Gasteiger partial charge on any atom is 0.301 e. The zero-order chi connectivity index (χ0) is 26.1. The fraction of sp³-hybridized carbons (Fsp3) is 0.207. The van der Waals surface area contributed by atoms with E-state index in [2.05, 4.69) is 11.9 Å². The van der Waals surface area contributed by atoms with E-state index in [4.69, 9.17) is 16.3 Å². The van der Waals surface area contributed by atoms with Crippen LogP contribution < -0.4 is 9.64 Å². The van der Waals surface area contributed by atoms with Crippen molar-refractivity contribution >= 4 is 55.7 Å². The molecule has 2 heterocycles. The molecule has 1 unspecified atom stereocenters. The highest BCUT2D eigenvalue weighted by atomic mass is 35.5. The Balaban J connectivity index is 1.67. The van der Waals surface area contributed by atoms with Crippen LogP contribution in [0.15, 0.2) is 72.3 Å². The Bertz CT molecular complexity index is 1530. The van der Waals surface area contributed by atoms with E-state index in [0.29, 0.717) is 33.6 Å². The van der Waals surface area contributed by atoms with Gasteiger partial charge in [-0.1, -0.05) is 54.5 Å². The molecular weight excluding hydrogens is 508 g/mol. The molecule has 3 aromatic carbocycles. The minimum Gasteiger partial charge on any atom is -0.507 e. The van der Waals surface area contributed by atoms with Crippen LogP contribution in [0.4, 0.5) is 5.13 Å². The number of aliphatic hydroxyl groups is 1. The fourth-order valence-electron chi connectivity index (χ4n) is 4.34. The molecule has 5 rings (SSSR count). The number of benzene rings is 3. The summed E-state index contributed by atoms with van der Waals surface area (Å²) in [6.45, 7) is 4.63. The molecule has 0 bridgehead atoms. The third kappa shape index (κ3) is 4.84. The Labute approximate surface area is 223 Å². The lowest BCUT2D eigenvalue weighted by Gasteiger charge is -2.23. The number of carbonyl (C=O) groups excluding carboxylic acids is 2. The van der Waals surface area contributed by atoms with Crippen LogP contribution in [0, 0.1) is 6.92 Å². The molecule has 0 spiro atoms. The van der Waals surface area contributed by atoms with E-state index in [0.717, 1.165) is 28.6 Å². The lowest BCUT2D eigenvalue weighted by molar-refractivity contribution is -0.132. The number of thiazole rings is 1. The average Bonchev–Trinajstić information content (AvgIpc) is 3.42. The van der Waals surface area contributed by atoms with Crippen molar-refractivity contribution in [3.63, 3.8) is 0 Å². The van der Waals surface area contributed by atoms with Gasteiger partial charge < -0.3 is 9.84 Å². The molecule has 37 heavy (non-hydrogen) atoms. The van der Waals surface area contributed by atoms with Gasteiger partial charge in [-0.3, -0.25) is 14.5 Å². The smallest absolute Gasteiger partial charge is 0.301 e. The number of aryl methyl sites for hydroxylation is 1. The predicted octanol–water partition coefficient (Wildman–Crippen LogP) is 7.06. The van der Waals surface area contributed by atoms with Crippen molar-refractivity contribution < 1.29 is 19.4 Å². The molecular formula is C29H25ClN2O4S. The maximum atomic E-state index is 13.5. The van der Waals surface area contributed by atoms with E-state index < -0.39 is 17.7 Å². The summed E-state index contributed by atoms with van der Waals surface area (Å²) in [6.07, 6.45) is 1.91. The third-order valence-electron chi connectivity index (χ3n) is 6.24. The maximum absolute atomic E-state index is 13.5. The van der Waals surface area contributed by atoms with Gasteiger partial charge in [0.2, 0.25) is 0 Å². The number of hydrogen-bond donors (Lipinski definition) is 1. The van der Waals surface area contributed by atoms with Gasteiger partial charge in [-0.15, -0.1) is 0 Å². The number of rotatable bonds is 7. The molecule has 1 saturated heterocycles. The first-order valence-corrected chi connectivity index (χ1v) is 13.2. The SMILES string of the molecule is CCCCOc1cccc(C2C(=C(O)c3ccc(Cl)cc3)C(=O)C(=O)N2c2nc3ccc(C)cc3s2)c1. The number of nitrogens with zero attached hydrogens (tertiary/aromatic N) is 2. The number of halogens is 1. The van der Waals surface area contributed by atoms with Crippen molar-refractivity contribution in [2.45, 2.75) is 32.7 Å². The van der Waals surface area contributed by atoms with Gasteiger partial charge in [-0.2, -0.15) is 0 Å². The zero-order valence-electron chi connectivity index (χ0n) is 20.4. The van der Waals surface area contributed by atoms with Gasteiger partial charge >= 0.3 is 5.91 Å². The van der Waals surface area contributed by atoms with Crippen LogP contribution in [0.1, 0.15) is 42.5 Å². The largest absolute Gasteiger partial charge is 0.507 e. The summed E-state index contributed by atoms with van der Waals surface area (Å²) < 4.78 is 6.81. The molecule has 1 atom stereocenters. The highest BCUT2D eigenvalue weighted by Gasteiger charge is 2.48. The number of Topliss-reactive ketones (excluding diaryl/α,β-unsaturated/α-hetero) is 1. The van der Waals surface area contributed by atoms with E-state index in [1.54, 1.807) is 24.3 Å². The highest BCUT2D eigenvalue weighted by molar-refractivity contribution is 7.22. The van der Waals surface area contributed by atoms with Gasteiger partial charge in [0.15, 0.2) is 5.13 Å². The van der Waals surface area contributed by atoms with Crippen LogP contribution in [0.3, 0.4) is 0 Å². The van der Waals surface area contributed by atoms with Crippen molar-refractivity contribution in [2.24, 2.45) is 0 Å². The molecule has 8 heteroatoms. The Morgan fingerprint density at radius 1 is 1.11 bits per heavy atom. The first kappa shape index (κ1) is 25.0. The van der Waals surface area contributed by atoms with Crippen LogP contribution in [0.5, 0.6) is 5.75 Å². The summed E-state index contributed by atoms with van der Waals surface area (Å²) in [5, 5.41) is 12.2. The van der Waals surface area contributed by atoms with E-state index in [-0.39, 0.29) is 11.3 Å². The number of anilines is 1. The summed E-state index contributed by atoms with van der Waals surface area (Å²) in [7, 11) is 0. The average molecular weight is 533 g/mol. The number of ketones is 1. The second-order valence-electron chi connectivity index (χ2n) is 8.92. The second-order valence-corrected chi connectivity index (χ2v) is 10.4. The van der Waals surface area contributed by atoms with Gasteiger partial charge in [-0.25, -0.2) is 4.98 Å². The molecule has 6 nitrogen and oxygen atoms in total. The van der Waals surface area contributed by atoms with E-state index in [1.807, 2.05) is 49.4 Å². The lowest BCUT2D eigenvalue weighted by Crippen LogP contribution is -2.29. The van der Waals surface area contributed by atoms with Crippen LogP contribution in [0.25, 0.3) is 16.0 Å². The number of carbonyl (C=O) groups is 2. The summed E-state index contributed by atoms with van der Waals surface area (Å²) in [5.74, 6) is -1.15. The summed E-state index contributed by atoms with van der Waals surface area (Å²) in [6, 6.07) is 18.7. The van der Waals surface area contributed by atoms with E-state index >= 15 is 0 Å². The Hall–Kier alpha value is -3.68. The second kappa shape index (κ2) is 10.4. The number of aromatic nitrogens is 1. The topological polar surface area (TPSA) is 79.7 Å². The Kier molecular flexibility index (Phi) is 7.00.